The van der Waals surface area contributed by atoms with Gasteiger partial charge in [0.25, 0.3) is 0 Å². The van der Waals surface area contributed by atoms with Crippen molar-refractivity contribution in [3.63, 3.8) is 0 Å². The van der Waals surface area contributed by atoms with Crippen LogP contribution in [0.1, 0.15) is 56.1 Å². The van der Waals surface area contributed by atoms with Crippen LogP contribution in [0.3, 0.4) is 0 Å². The molecule has 1 aromatic carbocycles. The van der Waals surface area contributed by atoms with E-state index in [0.29, 0.717) is 6.42 Å². The summed E-state index contributed by atoms with van der Waals surface area (Å²) in [4.78, 5) is 12.2. The van der Waals surface area contributed by atoms with Crippen LogP contribution in [-0.2, 0) is 11.2 Å². The molecule has 21 heavy (non-hydrogen) atoms. The minimum atomic E-state index is -0.626. The lowest BCUT2D eigenvalue weighted by molar-refractivity contribution is -0.122. The number of nitrogens with zero attached hydrogens (tertiary/aromatic N) is 1. The lowest BCUT2D eigenvalue weighted by Crippen LogP contribution is -2.47. The number of benzene rings is 1. The summed E-state index contributed by atoms with van der Waals surface area (Å²) in [5, 5.41) is 12.5. The van der Waals surface area contributed by atoms with Crippen molar-refractivity contribution in [2.45, 2.75) is 63.8 Å². The molecule has 0 heterocycles. The molecule has 1 fully saturated rings. The van der Waals surface area contributed by atoms with Crippen molar-refractivity contribution in [1.29, 1.82) is 5.26 Å². The fourth-order valence-electron chi connectivity index (χ4n) is 3.07. The van der Waals surface area contributed by atoms with Crippen molar-refractivity contribution in [2.75, 3.05) is 0 Å². The predicted octanol–water partition coefficient (Wildman–Crippen LogP) is 3.66. The van der Waals surface area contributed by atoms with E-state index < -0.39 is 5.54 Å². The van der Waals surface area contributed by atoms with Crippen molar-refractivity contribution in [3.05, 3.63) is 35.4 Å². The third-order valence-electron chi connectivity index (χ3n) is 4.43. The van der Waals surface area contributed by atoms with E-state index in [9.17, 15) is 10.1 Å². The summed E-state index contributed by atoms with van der Waals surface area (Å²) in [6.07, 6.45) is 7.18. The second-order valence-electron chi connectivity index (χ2n) is 6.08. The molecular formula is C18H24N2O. The molecule has 0 atom stereocenters. The van der Waals surface area contributed by atoms with Crippen molar-refractivity contribution in [2.24, 2.45) is 0 Å². The van der Waals surface area contributed by atoms with Crippen LogP contribution in [0.2, 0.25) is 0 Å². The van der Waals surface area contributed by atoms with E-state index >= 15 is 0 Å². The number of hydrogen-bond acceptors (Lipinski definition) is 2. The Labute approximate surface area is 127 Å². The van der Waals surface area contributed by atoms with E-state index in [1.54, 1.807) is 0 Å². The van der Waals surface area contributed by atoms with Crippen molar-refractivity contribution in [3.8, 4) is 6.07 Å². The van der Waals surface area contributed by atoms with Crippen LogP contribution < -0.4 is 5.32 Å². The summed E-state index contributed by atoms with van der Waals surface area (Å²) in [7, 11) is 0. The molecule has 0 unspecified atom stereocenters. The number of aryl methyl sites for hydroxylation is 2. The van der Waals surface area contributed by atoms with E-state index in [4.69, 9.17) is 0 Å². The van der Waals surface area contributed by atoms with Crippen LogP contribution in [0, 0.1) is 18.3 Å². The van der Waals surface area contributed by atoms with Crippen LogP contribution in [0.4, 0.5) is 0 Å². The highest BCUT2D eigenvalue weighted by molar-refractivity contribution is 5.77. The summed E-state index contributed by atoms with van der Waals surface area (Å²) >= 11 is 0. The molecule has 0 bridgehead atoms. The first-order valence-corrected chi connectivity index (χ1v) is 7.92. The van der Waals surface area contributed by atoms with Gasteiger partial charge < -0.3 is 5.32 Å². The van der Waals surface area contributed by atoms with Gasteiger partial charge in [0.15, 0.2) is 0 Å². The van der Waals surface area contributed by atoms with Crippen molar-refractivity contribution < 1.29 is 4.79 Å². The molecule has 1 amide bonds. The van der Waals surface area contributed by atoms with E-state index in [2.05, 4.69) is 30.4 Å². The third kappa shape index (κ3) is 4.32. The van der Waals surface area contributed by atoms with Crippen molar-refractivity contribution in [1.82, 2.24) is 5.32 Å². The molecule has 0 spiro atoms. The number of carbonyl (C=O) groups is 1. The number of nitrogens with one attached hydrogen (secondary N) is 1. The average molecular weight is 284 g/mol. The maximum Gasteiger partial charge on any atom is 0.221 e. The topological polar surface area (TPSA) is 52.9 Å². The van der Waals surface area contributed by atoms with Gasteiger partial charge in [0.2, 0.25) is 5.91 Å². The van der Waals surface area contributed by atoms with E-state index in [0.717, 1.165) is 32.1 Å². The molecule has 1 aliphatic rings. The van der Waals surface area contributed by atoms with E-state index in [-0.39, 0.29) is 5.91 Å². The Balaban J connectivity index is 1.91. The zero-order valence-corrected chi connectivity index (χ0v) is 12.8. The number of nitriles is 1. The van der Waals surface area contributed by atoms with Gasteiger partial charge in [-0.3, -0.25) is 4.79 Å². The van der Waals surface area contributed by atoms with Gasteiger partial charge in [-0.05, 0) is 37.3 Å². The first-order chi connectivity index (χ1) is 10.2. The molecule has 3 heteroatoms. The number of carbonyl (C=O) groups excluding carboxylic acids is 1. The van der Waals surface area contributed by atoms with Crippen LogP contribution in [0.25, 0.3) is 0 Å². The summed E-state index contributed by atoms with van der Waals surface area (Å²) < 4.78 is 0. The maximum atomic E-state index is 12.2. The Hall–Kier alpha value is -1.82. The van der Waals surface area contributed by atoms with Gasteiger partial charge in [0.1, 0.15) is 5.54 Å². The standard InChI is InChI=1S/C18H24N2O/c1-15-8-4-5-9-16(15)10-11-17(21)20-18(14-19)12-6-2-3-7-13-18/h4-5,8-9H,2-3,6-7,10-13H2,1H3,(H,20,21). The molecular weight excluding hydrogens is 260 g/mol. The Morgan fingerprint density at radius 1 is 1.24 bits per heavy atom. The quantitative estimate of drug-likeness (QED) is 0.858. The molecule has 2 rings (SSSR count). The van der Waals surface area contributed by atoms with Gasteiger partial charge in [-0.15, -0.1) is 0 Å². The zero-order valence-electron chi connectivity index (χ0n) is 12.8. The van der Waals surface area contributed by atoms with Crippen LogP contribution in [0.15, 0.2) is 24.3 Å². The molecule has 1 N–H and O–H groups in total. The second-order valence-corrected chi connectivity index (χ2v) is 6.08. The molecule has 112 valence electrons. The average Bonchev–Trinajstić information content (AvgIpc) is 2.72. The fraction of sp³-hybridized carbons (Fsp3) is 0.556. The van der Waals surface area contributed by atoms with Crippen LogP contribution >= 0.6 is 0 Å². The molecule has 1 aromatic rings. The molecule has 0 aromatic heterocycles. The molecule has 3 nitrogen and oxygen atoms in total. The summed E-state index contributed by atoms with van der Waals surface area (Å²) in [6.45, 7) is 2.06. The summed E-state index contributed by atoms with van der Waals surface area (Å²) in [5.74, 6) is 0.00158. The highest BCUT2D eigenvalue weighted by Crippen LogP contribution is 2.26. The van der Waals surface area contributed by atoms with Crippen LogP contribution in [-0.4, -0.2) is 11.4 Å². The second kappa shape index (κ2) is 7.26. The van der Waals surface area contributed by atoms with Gasteiger partial charge >= 0.3 is 0 Å². The minimum absolute atomic E-state index is 0.00158. The van der Waals surface area contributed by atoms with Gasteiger partial charge in [-0.1, -0.05) is 49.9 Å². The highest BCUT2D eigenvalue weighted by atomic mass is 16.1. The van der Waals surface area contributed by atoms with E-state index in [1.165, 1.54) is 24.0 Å². The first kappa shape index (κ1) is 15.6. The molecule has 0 aliphatic heterocycles. The van der Waals surface area contributed by atoms with E-state index in [1.807, 2.05) is 12.1 Å². The van der Waals surface area contributed by atoms with Gasteiger partial charge in [0, 0.05) is 6.42 Å². The Morgan fingerprint density at radius 3 is 2.52 bits per heavy atom. The zero-order chi connectivity index (χ0) is 15.1. The number of rotatable bonds is 4. The normalized spacial score (nSPS) is 17.5. The van der Waals surface area contributed by atoms with Crippen molar-refractivity contribution >= 4 is 5.91 Å². The number of hydrogen-bond donors (Lipinski definition) is 1. The summed E-state index contributed by atoms with van der Waals surface area (Å²) in [6, 6.07) is 10.5. The SMILES string of the molecule is Cc1ccccc1CCC(=O)NC1(C#N)CCCCCC1. The minimum Gasteiger partial charge on any atom is -0.338 e. The highest BCUT2D eigenvalue weighted by Gasteiger charge is 2.32. The molecule has 0 saturated heterocycles. The summed E-state index contributed by atoms with van der Waals surface area (Å²) in [5.41, 5.74) is 1.80. The molecule has 1 aliphatic carbocycles. The van der Waals surface area contributed by atoms with Crippen LogP contribution in [0.5, 0.6) is 0 Å². The van der Waals surface area contributed by atoms with Gasteiger partial charge in [0.05, 0.1) is 6.07 Å². The smallest absolute Gasteiger partial charge is 0.221 e. The monoisotopic (exact) mass is 284 g/mol. The molecule has 1 saturated carbocycles. The third-order valence-corrected chi connectivity index (χ3v) is 4.43. The lowest BCUT2D eigenvalue weighted by atomic mass is 9.91. The predicted molar refractivity (Wildman–Crippen MR) is 83.7 cm³/mol. The molecule has 0 radical (unpaired) electrons. The Kier molecular flexibility index (Phi) is 5.38. The first-order valence-electron chi connectivity index (χ1n) is 7.92. The number of amides is 1. The Morgan fingerprint density at radius 2 is 1.90 bits per heavy atom. The fourth-order valence-corrected chi connectivity index (χ4v) is 3.07. The van der Waals surface area contributed by atoms with Gasteiger partial charge in [-0.25, -0.2) is 0 Å². The largest absolute Gasteiger partial charge is 0.338 e. The lowest BCUT2D eigenvalue weighted by Gasteiger charge is -2.26. The Bertz CT molecular complexity index is 522. The van der Waals surface area contributed by atoms with Gasteiger partial charge in [-0.2, -0.15) is 5.26 Å². The maximum absolute atomic E-state index is 12.2.